The molecule has 1 atom stereocenters. The Bertz CT molecular complexity index is 802. The fourth-order valence-electron chi connectivity index (χ4n) is 2.12. The number of hydrogen-bond donors (Lipinski definition) is 2. The molecule has 1 aromatic carbocycles. The minimum Gasteiger partial charge on any atom is -0.350 e. The lowest BCUT2D eigenvalue weighted by atomic mass is 10.1. The van der Waals surface area contributed by atoms with Crippen molar-refractivity contribution in [2.24, 2.45) is 0 Å². The molecular formula is C19H21N3O3. The highest BCUT2D eigenvalue weighted by molar-refractivity contribution is 6.06. The Morgan fingerprint density at radius 3 is 2.36 bits per heavy atom. The fourth-order valence-corrected chi connectivity index (χ4v) is 2.12. The number of carbonyl (C=O) groups excluding carboxylic acids is 3. The zero-order valence-corrected chi connectivity index (χ0v) is 14.5. The SMILES string of the molecule is CCC(C)NC(=O)c1cncc(C(=O)Nc2cccc(C(C)=O)c2)c1. The van der Waals surface area contributed by atoms with Crippen molar-refractivity contribution in [3.8, 4) is 0 Å². The van der Waals surface area contributed by atoms with Crippen molar-refractivity contribution in [1.82, 2.24) is 10.3 Å². The number of Topliss-reactive ketones (excluding diaryl/α,β-unsaturated/α-hetero) is 1. The lowest BCUT2D eigenvalue weighted by Gasteiger charge is -2.12. The molecule has 0 aliphatic carbocycles. The van der Waals surface area contributed by atoms with Gasteiger partial charge in [0.2, 0.25) is 0 Å². The molecule has 6 heteroatoms. The van der Waals surface area contributed by atoms with Crippen LogP contribution in [-0.2, 0) is 0 Å². The summed E-state index contributed by atoms with van der Waals surface area (Å²) in [5.41, 5.74) is 1.61. The molecule has 2 aromatic rings. The van der Waals surface area contributed by atoms with E-state index in [9.17, 15) is 14.4 Å². The highest BCUT2D eigenvalue weighted by Crippen LogP contribution is 2.13. The van der Waals surface area contributed by atoms with E-state index in [1.54, 1.807) is 24.3 Å². The number of nitrogens with one attached hydrogen (secondary N) is 2. The Labute approximate surface area is 146 Å². The molecule has 2 rings (SSSR count). The van der Waals surface area contributed by atoms with Gasteiger partial charge in [-0.25, -0.2) is 0 Å². The standard InChI is InChI=1S/C19H21N3O3/c1-4-12(2)21-18(24)15-8-16(11-20-10-15)19(25)22-17-7-5-6-14(9-17)13(3)23/h5-12H,4H2,1-3H3,(H,21,24)(H,22,25). The predicted molar refractivity (Wildman–Crippen MR) is 95.9 cm³/mol. The molecule has 1 aromatic heterocycles. The van der Waals surface area contributed by atoms with Gasteiger partial charge in [-0.2, -0.15) is 0 Å². The van der Waals surface area contributed by atoms with Crippen molar-refractivity contribution in [3.63, 3.8) is 0 Å². The van der Waals surface area contributed by atoms with Gasteiger partial charge in [-0.3, -0.25) is 19.4 Å². The van der Waals surface area contributed by atoms with Crippen LogP contribution in [0.25, 0.3) is 0 Å². The van der Waals surface area contributed by atoms with Gasteiger partial charge in [-0.15, -0.1) is 0 Å². The van der Waals surface area contributed by atoms with E-state index in [2.05, 4.69) is 15.6 Å². The summed E-state index contributed by atoms with van der Waals surface area (Å²) in [6, 6.07) is 8.21. The van der Waals surface area contributed by atoms with Crippen LogP contribution in [0, 0.1) is 0 Å². The molecule has 0 saturated heterocycles. The molecule has 0 radical (unpaired) electrons. The Morgan fingerprint density at radius 2 is 1.72 bits per heavy atom. The van der Waals surface area contributed by atoms with Crippen molar-refractivity contribution in [2.75, 3.05) is 5.32 Å². The Morgan fingerprint density at radius 1 is 1.04 bits per heavy atom. The van der Waals surface area contributed by atoms with Gasteiger partial charge in [0.15, 0.2) is 5.78 Å². The summed E-state index contributed by atoms with van der Waals surface area (Å²) >= 11 is 0. The van der Waals surface area contributed by atoms with Crippen LogP contribution in [-0.4, -0.2) is 28.6 Å². The van der Waals surface area contributed by atoms with Gasteiger partial charge in [0.25, 0.3) is 11.8 Å². The van der Waals surface area contributed by atoms with Gasteiger partial charge in [-0.1, -0.05) is 19.1 Å². The zero-order valence-electron chi connectivity index (χ0n) is 14.5. The van der Waals surface area contributed by atoms with Crippen LogP contribution in [0.3, 0.4) is 0 Å². The molecule has 0 saturated carbocycles. The summed E-state index contributed by atoms with van der Waals surface area (Å²) < 4.78 is 0. The lowest BCUT2D eigenvalue weighted by molar-refractivity contribution is 0.0938. The molecule has 0 fully saturated rings. The van der Waals surface area contributed by atoms with Gasteiger partial charge < -0.3 is 10.6 Å². The number of ketones is 1. The molecule has 0 bridgehead atoms. The van der Waals surface area contributed by atoms with E-state index < -0.39 is 5.91 Å². The second-order valence-corrected chi connectivity index (χ2v) is 5.84. The predicted octanol–water partition coefficient (Wildman–Crippen LogP) is 3.06. The van der Waals surface area contributed by atoms with Crippen molar-refractivity contribution < 1.29 is 14.4 Å². The Hall–Kier alpha value is -3.02. The smallest absolute Gasteiger partial charge is 0.257 e. The van der Waals surface area contributed by atoms with E-state index in [0.29, 0.717) is 16.8 Å². The molecule has 25 heavy (non-hydrogen) atoms. The highest BCUT2D eigenvalue weighted by atomic mass is 16.2. The van der Waals surface area contributed by atoms with Crippen LogP contribution in [0.15, 0.2) is 42.7 Å². The largest absolute Gasteiger partial charge is 0.350 e. The third-order valence-electron chi connectivity index (χ3n) is 3.78. The van der Waals surface area contributed by atoms with Crippen molar-refractivity contribution >= 4 is 23.3 Å². The summed E-state index contributed by atoms with van der Waals surface area (Å²) in [4.78, 5) is 39.9. The molecule has 0 spiro atoms. The molecule has 2 amide bonds. The first-order valence-corrected chi connectivity index (χ1v) is 8.09. The highest BCUT2D eigenvalue weighted by Gasteiger charge is 2.13. The second-order valence-electron chi connectivity index (χ2n) is 5.84. The molecule has 0 aliphatic heterocycles. The molecule has 6 nitrogen and oxygen atoms in total. The summed E-state index contributed by atoms with van der Waals surface area (Å²) in [7, 11) is 0. The normalized spacial score (nSPS) is 11.5. The number of amides is 2. The van der Waals surface area contributed by atoms with Crippen molar-refractivity contribution in [1.29, 1.82) is 0 Å². The van der Waals surface area contributed by atoms with Crippen molar-refractivity contribution in [2.45, 2.75) is 33.2 Å². The zero-order chi connectivity index (χ0) is 18.4. The topological polar surface area (TPSA) is 88.2 Å². The maximum Gasteiger partial charge on any atom is 0.257 e. The first-order chi connectivity index (χ1) is 11.9. The molecule has 130 valence electrons. The number of rotatable bonds is 6. The fraction of sp³-hybridized carbons (Fsp3) is 0.263. The maximum absolute atomic E-state index is 12.4. The van der Waals surface area contributed by atoms with E-state index in [1.165, 1.54) is 25.4 Å². The Kier molecular flexibility index (Phi) is 6.00. The van der Waals surface area contributed by atoms with E-state index >= 15 is 0 Å². The van der Waals surface area contributed by atoms with Gasteiger partial charge in [0.05, 0.1) is 11.1 Å². The van der Waals surface area contributed by atoms with Gasteiger partial charge in [0, 0.05) is 29.7 Å². The third kappa shape index (κ3) is 4.97. The number of carbonyl (C=O) groups is 3. The number of benzene rings is 1. The van der Waals surface area contributed by atoms with Crippen molar-refractivity contribution in [3.05, 3.63) is 59.4 Å². The van der Waals surface area contributed by atoms with Gasteiger partial charge in [-0.05, 0) is 38.5 Å². The molecule has 1 heterocycles. The van der Waals surface area contributed by atoms with Gasteiger partial charge >= 0.3 is 0 Å². The molecule has 0 aliphatic rings. The monoisotopic (exact) mass is 339 g/mol. The first kappa shape index (κ1) is 18.3. The van der Waals surface area contributed by atoms with E-state index in [0.717, 1.165) is 6.42 Å². The van der Waals surface area contributed by atoms with E-state index in [1.807, 2.05) is 13.8 Å². The van der Waals surface area contributed by atoms with Crippen LogP contribution in [0.5, 0.6) is 0 Å². The average Bonchev–Trinajstić information content (AvgIpc) is 2.61. The lowest BCUT2D eigenvalue weighted by Crippen LogP contribution is -2.32. The summed E-state index contributed by atoms with van der Waals surface area (Å²) in [5, 5.41) is 5.54. The number of aromatic nitrogens is 1. The van der Waals surface area contributed by atoms with Crippen LogP contribution < -0.4 is 10.6 Å². The quantitative estimate of drug-likeness (QED) is 0.792. The Balaban J connectivity index is 2.14. The van der Waals surface area contributed by atoms with Crippen LogP contribution >= 0.6 is 0 Å². The molecular weight excluding hydrogens is 318 g/mol. The van der Waals surface area contributed by atoms with E-state index in [-0.39, 0.29) is 23.3 Å². The summed E-state index contributed by atoms with van der Waals surface area (Å²) in [6.45, 7) is 5.34. The average molecular weight is 339 g/mol. The first-order valence-electron chi connectivity index (χ1n) is 8.09. The number of pyridine rings is 1. The summed E-state index contributed by atoms with van der Waals surface area (Å²) in [5.74, 6) is -0.747. The number of hydrogen-bond acceptors (Lipinski definition) is 4. The van der Waals surface area contributed by atoms with Crippen LogP contribution in [0.2, 0.25) is 0 Å². The maximum atomic E-state index is 12.4. The molecule has 2 N–H and O–H groups in total. The number of anilines is 1. The second kappa shape index (κ2) is 8.19. The molecule has 1 unspecified atom stereocenters. The minimum atomic E-state index is -0.397. The third-order valence-corrected chi connectivity index (χ3v) is 3.78. The van der Waals surface area contributed by atoms with Crippen LogP contribution in [0.1, 0.15) is 58.3 Å². The number of nitrogens with zero attached hydrogens (tertiary/aromatic N) is 1. The minimum absolute atomic E-state index is 0.0410. The van der Waals surface area contributed by atoms with Gasteiger partial charge in [0.1, 0.15) is 0 Å². The van der Waals surface area contributed by atoms with E-state index in [4.69, 9.17) is 0 Å². The summed E-state index contributed by atoms with van der Waals surface area (Å²) in [6.07, 6.45) is 3.63. The van der Waals surface area contributed by atoms with Crippen LogP contribution in [0.4, 0.5) is 5.69 Å².